The summed E-state index contributed by atoms with van der Waals surface area (Å²) in [5, 5.41) is 23.2. The van der Waals surface area contributed by atoms with Crippen molar-refractivity contribution in [3.63, 3.8) is 0 Å². The zero-order chi connectivity index (χ0) is 57.8. The van der Waals surface area contributed by atoms with E-state index in [4.69, 9.17) is 4.74 Å². The zero-order valence-corrected chi connectivity index (χ0v) is 54.3. The SMILES string of the molecule is CCCCCC/C=C\C/C=C\CCCCCCCC(=O)OCCCCCCCCCCCCCCCCCCCCCCCCCCCCCCCCCCCCCCCC(=O)NC(CO)C(O)CCCCCCCCCCCC. The van der Waals surface area contributed by atoms with Gasteiger partial charge < -0.3 is 20.3 Å². The van der Waals surface area contributed by atoms with Crippen LogP contribution in [0.5, 0.6) is 0 Å². The second-order valence-electron chi connectivity index (χ2n) is 25.3. The molecule has 0 radical (unpaired) electrons. The Labute approximate surface area is 501 Å². The highest BCUT2D eigenvalue weighted by Crippen LogP contribution is 2.19. The highest BCUT2D eigenvalue weighted by Gasteiger charge is 2.20. The predicted molar refractivity (Wildman–Crippen MR) is 352 cm³/mol. The molecular formula is C74H143NO5. The molecule has 474 valence electrons. The second kappa shape index (κ2) is 69.8. The van der Waals surface area contributed by atoms with Gasteiger partial charge in [-0.15, -0.1) is 0 Å². The number of amides is 1. The third-order valence-electron chi connectivity index (χ3n) is 17.3. The molecule has 0 aliphatic carbocycles. The topological polar surface area (TPSA) is 95.9 Å². The van der Waals surface area contributed by atoms with Gasteiger partial charge >= 0.3 is 5.97 Å². The molecule has 0 heterocycles. The molecule has 80 heavy (non-hydrogen) atoms. The molecule has 0 rings (SSSR count). The van der Waals surface area contributed by atoms with E-state index in [1.165, 1.54) is 327 Å². The molecule has 2 unspecified atom stereocenters. The number of nitrogens with one attached hydrogen (secondary N) is 1. The summed E-state index contributed by atoms with van der Waals surface area (Å²) < 4.78 is 5.50. The number of hydrogen-bond donors (Lipinski definition) is 3. The average molecular weight is 1130 g/mol. The van der Waals surface area contributed by atoms with E-state index in [0.717, 1.165) is 51.4 Å². The Kier molecular flexibility index (Phi) is 68.4. The molecule has 0 aromatic heterocycles. The standard InChI is InChI=1S/C74H143NO5/c1-3-5-7-9-11-13-15-16-17-42-45-48-52-56-60-64-68-74(79)80-69-65-61-57-53-49-46-43-40-38-36-34-32-30-28-26-24-22-20-18-19-21-23-25-27-29-31-33-35-37-39-41-44-47-51-55-59-63-67-73(78)75-71(70-76)72(77)66-62-58-54-50-14-12-10-8-6-4-2/h13,15,17,42,71-72,76-77H,3-12,14,16,18-41,43-70H2,1-2H3,(H,75,78)/b15-13-,42-17-. The first-order valence-corrected chi connectivity index (χ1v) is 36.6. The van der Waals surface area contributed by atoms with Crippen molar-refractivity contribution in [2.24, 2.45) is 0 Å². The average Bonchev–Trinajstić information content (AvgIpc) is 3.46. The fraction of sp³-hybridized carbons (Fsp3) is 0.919. The minimum atomic E-state index is -0.658. The van der Waals surface area contributed by atoms with Gasteiger partial charge in [-0.3, -0.25) is 9.59 Å². The van der Waals surface area contributed by atoms with Crippen molar-refractivity contribution in [2.75, 3.05) is 13.2 Å². The van der Waals surface area contributed by atoms with Crippen molar-refractivity contribution in [2.45, 2.75) is 424 Å². The van der Waals surface area contributed by atoms with Crippen molar-refractivity contribution in [3.8, 4) is 0 Å². The molecule has 0 aliphatic heterocycles. The number of aliphatic hydroxyl groups is 2. The van der Waals surface area contributed by atoms with E-state index < -0.39 is 12.1 Å². The highest BCUT2D eigenvalue weighted by atomic mass is 16.5. The lowest BCUT2D eigenvalue weighted by Crippen LogP contribution is -2.45. The van der Waals surface area contributed by atoms with Crippen LogP contribution in [0.3, 0.4) is 0 Å². The van der Waals surface area contributed by atoms with E-state index in [9.17, 15) is 19.8 Å². The lowest BCUT2D eigenvalue weighted by molar-refractivity contribution is -0.143. The largest absolute Gasteiger partial charge is 0.466 e. The number of carbonyl (C=O) groups is 2. The normalized spacial score (nSPS) is 12.6. The van der Waals surface area contributed by atoms with Gasteiger partial charge in [0.25, 0.3) is 0 Å². The number of hydrogen-bond acceptors (Lipinski definition) is 5. The van der Waals surface area contributed by atoms with Crippen LogP contribution in [0.25, 0.3) is 0 Å². The summed E-state index contributed by atoms with van der Waals surface area (Å²) in [4.78, 5) is 24.5. The summed E-state index contributed by atoms with van der Waals surface area (Å²) in [5.74, 6) is -0.0185. The zero-order valence-electron chi connectivity index (χ0n) is 54.3. The van der Waals surface area contributed by atoms with Gasteiger partial charge in [0.1, 0.15) is 0 Å². The molecular weight excluding hydrogens is 983 g/mol. The van der Waals surface area contributed by atoms with Crippen LogP contribution in [0.2, 0.25) is 0 Å². The van der Waals surface area contributed by atoms with Crippen LogP contribution in [-0.2, 0) is 14.3 Å². The van der Waals surface area contributed by atoms with Crippen LogP contribution >= 0.6 is 0 Å². The molecule has 2 atom stereocenters. The van der Waals surface area contributed by atoms with Gasteiger partial charge in [-0.1, -0.05) is 366 Å². The fourth-order valence-corrected chi connectivity index (χ4v) is 11.7. The Hall–Kier alpha value is -1.66. The molecule has 1 amide bonds. The van der Waals surface area contributed by atoms with Crippen LogP contribution in [0.4, 0.5) is 0 Å². The molecule has 0 aromatic rings. The Bertz CT molecular complexity index is 1250. The molecule has 6 nitrogen and oxygen atoms in total. The third kappa shape index (κ3) is 65.5. The molecule has 0 aliphatic rings. The maximum absolute atomic E-state index is 12.5. The van der Waals surface area contributed by atoms with Crippen LogP contribution < -0.4 is 5.32 Å². The molecule has 0 bridgehead atoms. The molecule has 0 spiro atoms. The van der Waals surface area contributed by atoms with Gasteiger partial charge in [0.2, 0.25) is 5.91 Å². The maximum Gasteiger partial charge on any atom is 0.305 e. The van der Waals surface area contributed by atoms with Gasteiger partial charge in [0, 0.05) is 12.8 Å². The minimum absolute atomic E-state index is 0.0104. The third-order valence-corrected chi connectivity index (χ3v) is 17.3. The second-order valence-corrected chi connectivity index (χ2v) is 25.3. The lowest BCUT2D eigenvalue weighted by atomic mass is 10.0. The first-order chi connectivity index (χ1) is 39.5. The number of esters is 1. The van der Waals surface area contributed by atoms with Crippen molar-refractivity contribution >= 4 is 11.9 Å². The number of rotatable bonds is 69. The summed E-state index contributed by atoms with van der Waals surface area (Å²) in [6.07, 6.45) is 88.4. The van der Waals surface area contributed by atoms with Crippen molar-refractivity contribution < 1.29 is 24.5 Å². The lowest BCUT2D eigenvalue weighted by Gasteiger charge is -2.22. The monoisotopic (exact) mass is 1130 g/mol. The smallest absolute Gasteiger partial charge is 0.305 e. The van der Waals surface area contributed by atoms with Crippen LogP contribution in [0.15, 0.2) is 24.3 Å². The van der Waals surface area contributed by atoms with Gasteiger partial charge in [0.15, 0.2) is 0 Å². The number of carbonyl (C=O) groups excluding carboxylic acids is 2. The van der Waals surface area contributed by atoms with Crippen molar-refractivity contribution in [1.29, 1.82) is 0 Å². The van der Waals surface area contributed by atoms with Crippen molar-refractivity contribution in [1.82, 2.24) is 5.32 Å². The molecule has 0 aromatic carbocycles. The summed E-state index contributed by atoms with van der Waals surface area (Å²) >= 11 is 0. The number of ether oxygens (including phenoxy) is 1. The molecule has 0 fully saturated rings. The van der Waals surface area contributed by atoms with Crippen LogP contribution in [-0.4, -0.2) is 47.4 Å². The first-order valence-electron chi connectivity index (χ1n) is 36.6. The van der Waals surface area contributed by atoms with Crippen LogP contribution in [0.1, 0.15) is 412 Å². The number of aliphatic hydroxyl groups excluding tert-OH is 2. The van der Waals surface area contributed by atoms with Gasteiger partial charge in [-0.05, 0) is 57.8 Å². The van der Waals surface area contributed by atoms with Gasteiger partial charge in [0.05, 0.1) is 25.4 Å². The predicted octanol–water partition coefficient (Wildman–Crippen LogP) is 23.7. The fourth-order valence-electron chi connectivity index (χ4n) is 11.7. The van der Waals surface area contributed by atoms with Gasteiger partial charge in [-0.25, -0.2) is 0 Å². The summed E-state index contributed by atoms with van der Waals surface area (Å²) in [7, 11) is 0. The van der Waals surface area contributed by atoms with Gasteiger partial charge in [-0.2, -0.15) is 0 Å². The van der Waals surface area contributed by atoms with E-state index in [-0.39, 0.29) is 18.5 Å². The quantitative estimate of drug-likeness (QED) is 0.0320. The Balaban J connectivity index is 3.27. The number of unbranched alkanes of at least 4 members (excludes halogenated alkanes) is 54. The van der Waals surface area contributed by atoms with E-state index in [1.807, 2.05) is 0 Å². The number of allylic oxidation sites excluding steroid dienone is 4. The summed E-state index contributed by atoms with van der Waals surface area (Å²) in [6.45, 7) is 4.95. The maximum atomic E-state index is 12.5. The van der Waals surface area contributed by atoms with E-state index in [1.54, 1.807) is 0 Å². The van der Waals surface area contributed by atoms with E-state index in [2.05, 4.69) is 43.5 Å². The Morgan fingerprint density at radius 1 is 0.350 bits per heavy atom. The van der Waals surface area contributed by atoms with E-state index in [0.29, 0.717) is 25.9 Å². The van der Waals surface area contributed by atoms with E-state index >= 15 is 0 Å². The van der Waals surface area contributed by atoms with Crippen molar-refractivity contribution in [3.05, 3.63) is 24.3 Å². The molecule has 0 saturated heterocycles. The molecule has 3 N–H and O–H groups in total. The van der Waals surface area contributed by atoms with Crippen LogP contribution in [0, 0.1) is 0 Å². The minimum Gasteiger partial charge on any atom is -0.466 e. The first kappa shape index (κ1) is 78.3. The summed E-state index contributed by atoms with van der Waals surface area (Å²) in [5.41, 5.74) is 0. The highest BCUT2D eigenvalue weighted by molar-refractivity contribution is 5.76. The molecule has 6 heteroatoms. The summed E-state index contributed by atoms with van der Waals surface area (Å²) in [6, 6.07) is -0.535. The Morgan fingerprint density at radius 3 is 0.963 bits per heavy atom. The molecule has 0 saturated carbocycles. The Morgan fingerprint density at radius 2 is 0.625 bits per heavy atom.